The molecule has 2 N–H and O–H groups in total. The second kappa shape index (κ2) is 5.31. The predicted molar refractivity (Wildman–Crippen MR) is 64.9 cm³/mol. The van der Waals surface area contributed by atoms with Gasteiger partial charge < -0.3 is 10.4 Å². The van der Waals surface area contributed by atoms with Crippen molar-refractivity contribution in [2.45, 2.75) is 65.0 Å². The largest absolute Gasteiger partial charge is 0.389 e. The van der Waals surface area contributed by atoms with Crippen LogP contribution in [0.15, 0.2) is 0 Å². The van der Waals surface area contributed by atoms with Crippen LogP contribution in [0.1, 0.15) is 53.4 Å². The minimum absolute atomic E-state index is 0.176. The van der Waals surface area contributed by atoms with Gasteiger partial charge in [-0.1, -0.05) is 19.8 Å². The molecule has 0 spiro atoms. The maximum atomic E-state index is 9.81. The topological polar surface area (TPSA) is 32.3 Å². The van der Waals surface area contributed by atoms with Crippen LogP contribution in [0.4, 0.5) is 0 Å². The average Bonchev–Trinajstić information content (AvgIpc) is 2.12. The fraction of sp³-hybridized carbons (Fsp3) is 1.00. The Morgan fingerprint density at radius 3 is 2.60 bits per heavy atom. The molecule has 1 aliphatic rings. The molecule has 0 aromatic carbocycles. The monoisotopic (exact) mass is 213 g/mol. The average molecular weight is 213 g/mol. The van der Waals surface area contributed by atoms with E-state index >= 15 is 0 Å². The molecule has 0 bridgehead atoms. The van der Waals surface area contributed by atoms with Crippen molar-refractivity contribution in [3.8, 4) is 0 Å². The van der Waals surface area contributed by atoms with Crippen molar-refractivity contribution in [1.29, 1.82) is 0 Å². The maximum Gasteiger partial charge on any atom is 0.0741 e. The zero-order valence-electron chi connectivity index (χ0n) is 10.7. The molecule has 0 saturated heterocycles. The highest BCUT2D eigenvalue weighted by Crippen LogP contribution is 2.28. The SMILES string of the molecule is CC1CCCC(CNC(C)C(C)(C)O)C1. The minimum atomic E-state index is -0.611. The zero-order valence-corrected chi connectivity index (χ0v) is 10.7. The van der Waals surface area contributed by atoms with Gasteiger partial charge in [0.25, 0.3) is 0 Å². The van der Waals surface area contributed by atoms with E-state index in [-0.39, 0.29) is 6.04 Å². The highest BCUT2D eigenvalue weighted by atomic mass is 16.3. The van der Waals surface area contributed by atoms with E-state index in [9.17, 15) is 5.11 Å². The molecule has 1 saturated carbocycles. The van der Waals surface area contributed by atoms with E-state index in [1.807, 2.05) is 13.8 Å². The van der Waals surface area contributed by atoms with Gasteiger partial charge >= 0.3 is 0 Å². The molecule has 15 heavy (non-hydrogen) atoms. The van der Waals surface area contributed by atoms with Crippen LogP contribution >= 0.6 is 0 Å². The summed E-state index contributed by atoms with van der Waals surface area (Å²) in [6.45, 7) is 9.22. The standard InChI is InChI=1S/C13H27NO/c1-10-6-5-7-12(8-10)9-14-11(2)13(3,4)15/h10-12,14-15H,5-9H2,1-4H3. The molecule has 0 radical (unpaired) electrons. The van der Waals surface area contributed by atoms with E-state index in [1.54, 1.807) is 0 Å². The molecule has 3 atom stereocenters. The third-order valence-corrected chi connectivity index (χ3v) is 3.82. The summed E-state index contributed by atoms with van der Waals surface area (Å²) >= 11 is 0. The van der Waals surface area contributed by atoms with Crippen LogP contribution in [0.25, 0.3) is 0 Å². The van der Waals surface area contributed by atoms with E-state index in [0.717, 1.165) is 18.4 Å². The van der Waals surface area contributed by atoms with Crippen molar-refractivity contribution in [2.24, 2.45) is 11.8 Å². The van der Waals surface area contributed by atoms with Crippen LogP contribution in [0.5, 0.6) is 0 Å². The van der Waals surface area contributed by atoms with Crippen LogP contribution < -0.4 is 5.32 Å². The fourth-order valence-electron chi connectivity index (χ4n) is 2.34. The number of hydrogen-bond acceptors (Lipinski definition) is 2. The Balaban J connectivity index is 2.24. The number of nitrogens with one attached hydrogen (secondary N) is 1. The lowest BCUT2D eigenvalue weighted by atomic mass is 9.82. The summed E-state index contributed by atoms with van der Waals surface area (Å²) in [7, 11) is 0. The quantitative estimate of drug-likeness (QED) is 0.752. The Hall–Kier alpha value is -0.0800. The summed E-state index contributed by atoms with van der Waals surface area (Å²) in [5, 5.41) is 13.3. The molecular formula is C13H27NO. The van der Waals surface area contributed by atoms with E-state index in [2.05, 4.69) is 19.2 Å². The van der Waals surface area contributed by atoms with Crippen LogP contribution in [-0.4, -0.2) is 23.3 Å². The van der Waals surface area contributed by atoms with Gasteiger partial charge in [-0.25, -0.2) is 0 Å². The number of hydrogen-bond donors (Lipinski definition) is 2. The van der Waals surface area contributed by atoms with Gasteiger partial charge in [-0.3, -0.25) is 0 Å². The molecule has 0 amide bonds. The Morgan fingerprint density at radius 1 is 1.40 bits per heavy atom. The smallest absolute Gasteiger partial charge is 0.0741 e. The molecule has 1 aliphatic carbocycles. The molecule has 0 aromatic rings. The van der Waals surface area contributed by atoms with Gasteiger partial charge in [0.15, 0.2) is 0 Å². The molecule has 3 unspecified atom stereocenters. The highest BCUT2D eigenvalue weighted by Gasteiger charge is 2.24. The van der Waals surface area contributed by atoms with E-state index in [1.165, 1.54) is 25.7 Å². The van der Waals surface area contributed by atoms with E-state index in [4.69, 9.17) is 0 Å². The predicted octanol–water partition coefficient (Wildman–Crippen LogP) is 2.56. The molecule has 2 nitrogen and oxygen atoms in total. The third kappa shape index (κ3) is 4.52. The second-order valence-electron chi connectivity index (χ2n) is 5.92. The van der Waals surface area contributed by atoms with Crippen LogP contribution in [-0.2, 0) is 0 Å². The fourth-order valence-corrected chi connectivity index (χ4v) is 2.34. The van der Waals surface area contributed by atoms with Gasteiger partial charge in [0.2, 0.25) is 0 Å². The molecule has 1 rings (SSSR count). The Labute approximate surface area is 94.5 Å². The van der Waals surface area contributed by atoms with E-state index < -0.39 is 5.60 Å². The van der Waals surface area contributed by atoms with Crippen LogP contribution in [0.2, 0.25) is 0 Å². The first-order valence-corrected chi connectivity index (χ1v) is 6.35. The number of aliphatic hydroxyl groups is 1. The van der Waals surface area contributed by atoms with Crippen molar-refractivity contribution in [3.05, 3.63) is 0 Å². The van der Waals surface area contributed by atoms with Gasteiger partial charge in [0, 0.05) is 6.04 Å². The number of rotatable bonds is 4. The zero-order chi connectivity index (χ0) is 11.5. The Bertz CT molecular complexity index is 185. The van der Waals surface area contributed by atoms with Gasteiger partial charge in [-0.15, -0.1) is 0 Å². The van der Waals surface area contributed by atoms with Crippen molar-refractivity contribution < 1.29 is 5.11 Å². The Kier molecular flexibility index (Phi) is 4.60. The summed E-state index contributed by atoms with van der Waals surface area (Å²) in [5.74, 6) is 1.71. The van der Waals surface area contributed by atoms with Crippen LogP contribution in [0, 0.1) is 11.8 Å². The van der Waals surface area contributed by atoms with E-state index in [0.29, 0.717) is 0 Å². The summed E-state index contributed by atoms with van der Waals surface area (Å²) in [6.07, 6.45) is 5.49. The summed E-state index contributed by atoms with van der Waals surface area (Å²) in [4.78, 5) is 0. The van der Waals surface area contributed by atoms with Gasteiger partial charge in [-0.05, 0) is 52.0 Å². The van der Waals surface area contributed by atoms with Crippen molar-refractivity contribution in [1.82, 2.24) is 5.32 Å². The lowest BCUT2D eigenvalue weighted by Gasteiger charge is -2.31. The van der Waals surface area contributed by atoms with Gasteiger partial charge in [0.1, 0.15) is 0 Å². The lowest BCUT2D eigenvalue weighted by molar-refractivity contribution is 0.0418. The molecule has 1 fully saturated rings. The highest BCUT2D eigenvalue weighted by molar-refractivity contribution is 4.81. The summed E-state index contributed by atoms with van der Waals surface area (Å²) in [6, 6.07) is 0.176. The molecule has 2 heteroatoms. The Morgan fingerprint density at radius 2 is 2.07 bits per heavy atom. The maximum absolute atomic E-state index is 9.81. The van der Waals surface area contributed by atoms with Gasteiger partial charge in [-0.2, -0.15) is 0 Å². The molecule has 90 valence electrons. The normalized spacial score (nSPS) is 30.2. The first-order valence-electron chi connectivity index (χ1n) is 6.35. The molecule has 0 aliphatic heterocycles. The first kappa shape index (κ1) is 13.0. The van der Waals surface area contributed by atoms with Crippen LogP contribution in [0.3, 0.4) is 0 Å². The first-order chi connectivity index (χ1) is 6.89. The lowest BCUT2D eigenvalue weighted by Crippen LogP contribution is -2.46. The molecule has 0 heterocycles. The van der Waals surface area contributed by atoms with Gasteiger partial charge in [0.05, 0.1) is 5.60 Å². The summed E-state index contributed by atoms with van der Waals surface area (Å²) < 4.78 is 0. The van der Waals surface area contributed by atoms with Crippen molar-refractivity contribution in [3.63, 3.8) is 0 Å². The molecule has 0 aromatic heterocycles. The summed E-state index contributed by atoms with van der Waals surface area (Å²) in [5.41, 5.74) is -0.611. The molecular weight excluding hydrogens is 186 g/mol. The van der Waals surface area contributed by atoms with Crippen molar-refractivity contribution >= 4 is 0 Å². The van der Waals surface area contributed by atoms with Crippen molar-refractivity contribution in [2.75, 3.05) is 6.54 Å². The minimum Gasteiger partial charge on any atom is -0.389 e. The third-order valence-electron chi connectivity index (χ3n) is 3.82. The second-order valence-corrected chi connectivity index (χ2v) is 5.92.